The van der Waals surface area contributed by atoms with Crippen molar-refractivity contribution in [3.05, 3.63) is 0 Å². The minimum Gasteiger partial charge on any atom is -0.387 e. The van der Waals surface area contributed by atoms with Crippen molar-refractivity contribution in [3.8, 4) is 0 Å². The maximum absolute atomic E-state index is 12.1. The highest BCUT2D eigenvalue weighted by molar-refractivity contribution is 7.47. The van der Waals surface area contributed by atoms with Crippen LogP contribution in [0, 0.1) is 0 Å². The van der Waals surface area contributed by atoms with Crippen LogP contribution < -0.4 is 0 Å². The van der Waals surface area contributed by atoms with Crippen molar-refractivity contribution in [2.75, 3.05) is 0 Å². The highest BCUT2D eigenvalue weighted by Gasteiger charge is 2.54. The molecule has 2 saturated carbocycles. The second kappa shape index (κ2) is 8.22. The van der Waals surface area contributed by atoms with Crippen LogP contribution in [0.1, 0.15) is 0 Å². The van der Waals surface area contributed by atoms with Gasteiger partial charge in [-0.3, -0.25) is 9.05 Å². The molecule has 2 fully saturated rings. The molecule has 0 aromatic carbocycles. The number of aliphatic hydroxyl groups excluding tert-OH is 10. The van der Waals surface area contributed by atoms with Gasteiger partial charge >= 0.3 is 7.82 Å². The average molecular weight is 422 g/mol. The molecule has 11 N–H and O–H groups in total. The zero-order chi connectivity index (χ0) is 20.8. The van der Waals surface area contributed by atoms with Gasteiger partial charge in [0, 0.05) is 0 Å². The molecule has 14 nitrogen and oxygen atoms in total. The van der Waals surface area contributed by atoms with Gasteiger partial charge in [-0.15, -0.1) is 0 Å². The van der Waals surface area contributed by atoms with Crippen LogP contribution in [0.3, 0.4) is 0 Å². The maximum Gasteiger partial charge on any atom is 0.473 e. The molecule has 160 valence electrons. The number of rotatable bonds is 4. The standard InChI is InChI=1S/C12H23O14P/c13-1-3(15)7(19)11(8(20)4(1)16)25-27(23,24)26-12-9(21)5(17)2(14)6(18)10(12)22/h1-22H,(H,23,24). The minimum absolute atomic E-state index is 1.98. The van der Waals surface area contributed by atoms with Crippen LogP contribution in [0.2, 0.25) is 0 Å². The molecule has 15 heteroatoms. The lowest BCUT2D eigenvalue weighted by molar-refractivity contribution is -0.231. The van der Waals surface area contributed by atoms with Gasteiger partial charge in [-0.05, 0) is 0 Å². The third-order valence-corrected chi connectivity index (χ3v) is 5.68. The van der Waals surface area contributed by atoms with Crippen molar-refractivity contribution in [2.24, 2.45) is 0 Å². The third-order valence-electron chi connectivity index (χ3n) is 4.66. The third kappa shape index (κ3) is 4.34. The highest BCUT2D eigenvalue weighted by Crippen LogP contribution is 2.49. The molecule has 2 aliphatic carbocycles. The smallest absolute Gasteiger partial charge is 0.387 e. The summed E-state index contributed by atoms with van der Waals surface area (Å²) in [7, 11) is -5.37. The lowest BCUT2D eigenvalue weighted by atomic mass is 9.85. The van der Waals surface area contributed by atoms with Crippen molar-refractivity contribution >= 4 is 7.82 Å². The van der Waals surface area contributed by atoms with E-state index in [4.69, 9.17) is 0 Å². The van der Waals surface area contributed by atoms with Crippen molar-refractivity contribution in [3.63, 3.8) is 0 Å². The van der Waals surface area contributed by atoms with Crippen LogP contribution in [0.5, 0.6) is 0 Å². The molecular weight excluding hydrogens is 399 g/mol. The Balaban J connectivity index is 2.15. The van der Waals surface area contributed by atoms with E-state index < -0.39 is 81.1 Å². The van der Waals surface area contributed by atoms with Crippen molar-refractivity contribution in [2.45, 2.75) is 73.2 Å². The number of hydrogen-bond acceptors (Lipinski definition) is 13. The Morgan fingerprint density at radius 3 is 0.852 bits per heavy atom. The fourth-order valence-electron chi connectivity index (χ4n) is 2.98. The lowest BCUT2D eigenvalue weighted by Gasteiger charge is -2.43. The Morgan fingerprint density at radius 1 is 0.444 bits per heavy atom. The first-order chi connectivity index (χ1) is 12.3. The number of hydrogen-bond donors (Lipinski definition) is 11. The molecule has 0 aliphatic heterocycles. The maximum atomic E-state index is 12.1. The largest absolute Gasteiger partial charge is 0.473 e. The Kier molecular flexibility index (Phi) is 7.00. The molecule has 8 atom stereocenters. The van der Waals surface area contributed by atoms with E-state index in [1.54, 1.807) is 0 Å². The zero-order valence-corrected chi connectivity index (χ0v) is 14.4. The predicted octanol–water partition coefficient (Wildman–Crippen LogP) is -6.51. The van der Waals surface area contributed by atoms with E-state index in [1.165, 1.54) is 0 Å². The van der Waals surface area contributed by atoms with Gasteiger partial charge in [0.1, 0.15) is 73.2 Å². The minimum atomic E-state index is -5.37. The fourth-order valence-corrected chi connectivity index (χ4v) is 4.14. The molecule has 27 heavy (non-hydrogen) atoms. The monoisotopic (exact) mass is 422 g/mol. The average Bonchev–Trinajstić information content (AvgIpc) is 2.62. The molecule has 2 rings (SSSR count). The topological polar surface area (TPSA) is 258 Å². The summed E-state index contributed by atoms with van der Waals surface area (Å²) >= 11 is 0. The van der Waals surface area contributed by atoms with E-state index in [9.17, 15) is 60.5 Å². The van der Waals surface area contributed by atoms with E-state index in [1.807, 2.05) is 0 Å². The molecule has 0 aromatic rings. The molecular formula is C12H23O14P. The summed E-state index contributed by atoms with van der Waals surface area (Å²) in [5.74, 6) is 0. The van der Waals surface area contributed by atoms with E-state index in [0.717, 1.165) is 0 Å². The lowest BCUT2D eigenvalue weighted by Crippen LogP contribution is -2.65. The summed E-state index contributed by atoms with van der Waals surface area (Å²) in [6.45, 7) is 0. The first-order valence-corrected chi connectivity index (χ1v) is 9.30. The van der Waals surface area contributed by atoms with Crippen molar-refractivity contribution in [1.82, 2.24) is 0 Å². The van der Waals surface area contributed by atoms with Crippen molar-refractivity contribution in [1.29, 1.82) is 0 Å². The normalized spacial score (nSPS) is 53.7. The molecule has 8 unspecified atom stereocenters. The molecule has 0 saturated heterocycles. The number of aliphatic hydroxyl groups is 10. The van der Waals surface area contributed by atoms with Gasteiger partial charge in [0.25, 0.3) is 0 Å². The van der Waals surface area contributed by atoms with Crippen molar-refractivity contribution < 1.29 is 69.6 Å². The molecule has 0 bridgehead atoms. The summed E-state index contributed by atoms with van der Waals surface area (Å²) in [5, 5.41) is 96.3. The quantitative estimate of drug-likeness (QED) is 0.188. The van der Waals surface area contributed by atoms with Crippen LogP contribution in [0.15, 0.2) is 0 Å². The van der Waals surface area contributed by atoms with Gasteiger partial charge in [0.2, 0.25) is 0 Å². The Labute approximate surface area is 151 Å². The van der Waals surface area contributed by atoms with Gasteiger partial charge in [-0.1, -0.05) is 0 Å². The molecule has 0 aromatic heterocycles. The summed E-state index contributed by atoms with van der Waals surface area (Å²) in [6.07, 6.45) is -25.0. The van der Waals surface area contributed by atoms with E-state index >= 15 is 0 Å². The highest BCUT2D eigenvalue weighted by atomic mass is 31.2. The molecule has 0 amide bonds. The first-order valence-electron chi connectivity index (χ1n) is 7.80. The second-order valence-corrected chi connectivity index (χ2v) is 7.87. The Bertz CT molecular complexity index is 486. The SMILES string of the molecule is O=P(O)(OC1C(O)C(O)C(O)C(O)C1O)OC1C(O)C(O)C(O)C(O)C1O. The zero-order valence-electron chi connectivity index (χ0n) is 13.5. The predicted molar refractivity (Wildman–Crippen MR) is 79.6 cm³/mol. The van der Waals surface area contributed by atoms with Gasteiger partial charge in [0.15, 0.2) is 0 Å². The van der Waals surface area contributed by atoms with Crippen LogP contribution in [-0.2, 0) is 13.6 Å². The molecule has 0 heterocycles. The second-order valence-electron chi connectivity index (χ2n) is 6.51. The summed E-state index contributed by atoms with van der Waals surface area (Å²) in [5.41, 5.74) is 0. The molecule has 2 aliphatic rings. The number of phosphoric ester groups is 1. The van der Waals surface area contributed by atoms with E-state index in [-0.39, 0.29) is 0 Å². The van der Waals surface area contributed by atoms with E-state index in [0.29, 0.717) is 0 Å². The Morgan fingerprint density at radius 2 is 0.630 bits per heavy atom. The van der Waals surface area contributed by atoms with Crippen LogP contribution in [-0.4, -0.2) is 129 Å². The van der Waals surface area contributed by atoms with Crippen LogP contribution in [0.25, 0.3) is 0 Å². The number of phosphoric acid groups is 1. The van der Waals surface area contributed by atoms with Gasteiger partial charge in [-0.25, -0.2) is 4.57 Å². The summed E-state index contributed by atoms with van der Waals surface area (Å²) < 4.78 is 21.1. The van der Waals surface area contributed by atoms with Gasteiger partial charge < -0.3 is 56.0 Å². The van der Waals surface area contributed by atoms with Gasteiger partial charge in [0.05, 0.1) is 0 Å². The van der Waals surface area contributed by atoms with Crippen LogP contribution >= 0.6 is 7.82 Å². The Hall–Kier alpha value is -0.290. The first kappa shape index (κ1) is 23.0. The fraction of sp³-hybridized carbons (Fsp3) is 1.00. The summed E-state index contributed by atoms with van der Waals surface area (Å²) in [6, 6.07) is 0. The van der Waals surface area contributed by atoms with E-state index in [2.05, 4.69) is 9.05 Å². The van der Waals surface area contributed by atoms with Gasteiger partial charge in [-0.2, -0.15) is 0 Å². The summed E-state index contributed by atoms with van der Waals surface area (Å²) in [4.78, 5) is 9.78. The molecule has 0 spiro atoms. The molecule has 0 radical (unpaired) electrons. The van der Waals surface area contributed by atoms with Crippen LogP contribution in [0.4, 0.5) is 0 Å².